The molecule has 0 bridgehead atoms. The number of aromatic nitrogens is 2. The Balaban J connectivity index is 1.65. The highest BCUT2D eigenvalue weighted by Gasteiger charge is 2.74. The number of aromatic amines is 1. The molecule has 4 rings (SSSR count). The molecule has 1 fully saturated rings. The Kier molecular flexibility index (Phi) is 9.73. The van der Waals surface area contributed by atoms with Crippen molar-refractivity contribution in [2.75, 3.05) is 20.8 Å². The van der Waals surface area contributed by atoms with Gasteiger partial charge in [-0.2, -0.15) is 8.78 Å². The van der Waals surface area contributed by atoms with Gasteiger partial charge in [0.25, 0.3) is 12.0 Å². The number of H-pyrrole nitrogens is 1. The van der Waals surface area contributed by atoms with Crippen LogP contribution in [0.25, 0.3) is 0 Å². The molecule has 1 unspecified atom stereocenters. The van der Waals surface area contributed by atoms with Crippen LogP contribution in [0.15, 0.2) is 64.3 Å². The van der Waals surface area contributed by atoms with Gasteiger partial charge in [-0.1, -0.05) is 11.6 Å². The molecule has 234 valence electrons. The summed E-state index contributed by atoms with van der Waals surface area (Å²) in [6.07, 6.45) is -9.10. The average molecular weight is 673 g/mol. The van der Waals surface area contributed by atoms with Gasteiger partial charge in [-0.3, -0.25) is 18.9 Å². The third-order valence-corrected chi connectivity index (χ3v) is 9.00. The van der Waals surface area contributed by atoms with Gasteiger partial charge in [-0.15, -0.1) is 0 Å². The number of hydrogen-bond acceptors (Lipinski definition) is 11. The molecular weight excluding hydrogens is 651 g/mol. The lowest BCUT2D eigenvalue weighted by Gasteiger charge is -2.33. The van der Waals surface area contributed by atoms with Gasteiger partial charge in [-0.25, -0.2) is 18.1 Å². The Morgan fingerprint density at radius 1 is 1.05 bits per heavy atom. The van der Waals surface area contributed by atoms with E-state index < -0.39 is 60.0 Å². The second-order valence-corrected chi connectivity index (χ2v) is 12.6. The summed E-state index contributed by atoms with van der Waals surface area (Å²) in [5.74, 6) is -4.07. The van der Waals surface area contributed by atoms with Crippen LogP contribution >= 0.6 is 30.1 Å². The third-order valence-electron chi connectivity index (χ3n) is 6.09. The van der Waals surface area contributed by atoms with Crippen molar-refractivity contribution in [2.24, 2.45) is 0 Å². The molecule has 43 heavy (non-hydrogen) atoms. The van der Waals surface area contributed by atoms with E-state index in [-0.39, 0.29) is 27.7 Å². The molecule has 0 radical (unpaired) electrons. The zero-order valence-corrected chi connectivity index (χ0v) is 24.4. The lowest BCUT2D eigenvalue weighted by molar-refractivity contribution is -0.241. The first-order valence-corrected chi connectivity index (χ1v) is 15.1. The van der Waals surface area contributed by atoms with Gasteiger partial charge in [0.1, 0.15) is 28.0 Å². The summed E-state index contributed by atoms with van der Waals surface area (Å²) in [5.41, 5.74) is -6.47. The summed E-state index contributed by atoms with van der Waals surface area (Å²) >= 11 is 5.66. The van der Waals surface area contributed by atoms with E-state index in [0.29, 0.717) is 17.7 Å². The van der Waals surface area contributed by atoms with E-state index in [1.165, 1.54) is 62.8 Å². The van der Waals surface area contributed by atoms with Crippen molar-refractivity contribution in [1.29, 1.82) is 0 Å². The van der Waals surface area contributed by atoms with Gasteiger partial charge in [0.2, 0.25) is 5.60 Å². The zero-order chi connectivity index (χ0) is 31.6. The fourth-order valence-corrected chi connectivity index (χ4v) is 6.23. The molecule has 1 aliphatic rings. The average Bonchev–Trinajstić information content (AvgIpc) is 3.19. The van der Waals surface area contributed by atoms with Gasteiger partial charge in [0.05, 0.1) is 20.8 Å². The monoisotopic (exact) mass is 672 g/mol. The standard InChI is InChI=1S/C24H22ClF4N2O10PS/c1-36-13-3-7-15(8-4-13)40-42(35,43-41-16-9-5-14(37-2)6-10-16)38-12-23(21(26)27)24(28,29)18(32)20(39-23)31-11-17(25)19(33)30-22(31)34/h3-11,18,20-21,32H,12H2,1-2H3,(H,30,33,34)/t18-,20+,23-,42?/m0/s1. The molecule has 12 nitrogen and oxygen atoms in total. The largest absolute Gasteiger partial charge is 0.497 e. The van der Waals surface area contributed by atoms with Crippen LogP contribution in [-0.4, -0.2) is 59.5 Å². The normalized spacial score (nSPS) is 22.6. The number of methoxy groups -OCH3 is 2. The Morgan fingerprint density at radius 3 is 2.12 bits per heavy atom. The zero-order valence-electron chi connectivity index (χ0n) is 21.9. The maximum Gasteiger partial charge on any atom is 0.478 e. The number of benzene rings is 2. The fraction of sp³-hybridized carbons (Fsp3) is 0.333. The minimum Gasteiger partial charge on any atom is -0.497 e. The Labute approximate surface area is 248 Å². The first-order chi connectivity index (χ1) is 20.2. The van der Waals surface area contributed by atoms with Gasteiger partial charge in [0, 0.05) is 6.20 Å². The number of nitrogens with one attached hydrogen (secondary N) is 1. The van der Waals surface area contributed by atoms with Crippen molar-refractivity contribution in [1.82, 2.24) is 9.55 Å². The Morgan fingerprint density at radius 2 is 1.58 bits per heavy atom. The molecule has 0 spiro atoms. The number of alkyl halides is 4. The predicted octanol–water partition coefficient (Wildman–Crippen LogP) is 4.67. The highest BCUT2D eigenvalue weighted by atomic mass is 35.5. The van der Waals surface area contributed by atoms with Crippen molar-refractivity contribution < 1.29 is 54.7 Å². The number of halogens is 5. The van der Waals surface area contributed by atoms with Crippen molar-refractivity contribution in [2.45, 2.75) is 30.3 Å². The highest BCUT2D eigenvalue weighted by Crippen LogP contribution is 2.62. The van der Waals surface area contributed by atoms with E-state index >= 15 is 8.78 Å². The Bertz CT molecular complexity index is 1590. The van der Waals surface area contributed by atoms with Crippen molar-refractivity contribution in [3.63, 3.8) is 0 Å². The molecule has 1 aromatic heterocycles. The topological polar surface area (TPSA) is 148 Å². The summed E-state index contributed by atoms with van der Waals surface area (Å²) in [6.45, 7) is -6.65. The van der Waals surface area contributed by atoms with Crippen LogP contribution in [0.4, 0.5) is 17.6 Å². The van der Waals surface area contributed by atoms with E-state index in [0.717, 1.165) is 0 Å². The second kappa shape index (κ2) is 12.8. The SMILES string of the molecule is COc1ccc(OSP(=O)(OC[C@@]2(C(F)F)O[C@@H](n3cc(Cl)c(=O)[nH]c3=O)[C@H](O)C2(F)F)Oc2ccc(OC)cc2)cc1. The van der Waals surface area contributed by atoms with Crippen LogP contribution in [-0.2, 0) is 13.8 Å². The maximum atomic E-state index is 15.4. The van der Waals surface area contributed by atoms with Crippen LogP contribution in [0.1, 0.15) is 6.23 Å². The first-order valence-electron chi connectivity index (χ1n) is 11.9. The molecule has 3 aromatic rings. The second-order valence-electron chi connectivity index (χ2n) is 8.73. The van der Waals surface area contributed by atoms with Gasteiger partial charge < -0.3 is 28.0 Å². The molecule has 1 aliphatic heterocycles. The maximum absolute atomic E-state index is 15.4. The van der Waals surface area contributed by atoms with Crippen LogP contribution < -0.4 is 29.4 Å². The third kappa shape index (κ3) is 6.66. The number of hydrogen-bond donors (Lipinski definition) is 2. The van der Waals surface area contributed by atoms with E-state index in [2.05, 4.69) is 0 Å². The number of rotatable bonds is 12. The van der Waals surface area contributed by atoms with Crippen LogP contribution in [0.5, 0.6) is 23.0 Å². The van der Waals surface area contributed by atoms with Crippen molar-refractivity contribution in [3.05, 3.63) is 80.6 Å². The number of aliphatic hydroxyl groups is 1. The predicted molar refractivity (Wildman–Crippen MR) is 145 cm³/mol. The summed E-state index contributed by atoms with van der Waals surface area (Å²) in [7, 11) is 2.80. The molecule has 2 N–H and O–H groups in total. The summed E-state index contributed by atoms with van der Waals surface area (Å²) in [5, 5.41) is 9.65. The molecule has 2 aromatic carbocycles. The molecule has 0 amide bonds. The molecule has 2 heterocycles. The van der Waals surface area contributed by atoms with Gasteiger partial charge in [-0.05, 0) is 48.5 Å². The van der Waals surface area contributed by atoms with E-state index in [1.54, 1.807) is 4.98 Å². The summed E-state index contributed by atoms with van der Waals surface area (Å²) in [6, 6.07) is 11.1. The fourth-order valence-electron chi connectivity index (χ4n) is 3.76. The number of ether oxygens (including phenoxy) is 3. The molecule has 4 atom stereocenters. The molecule has 1 saturated heterocycles. The molecule has 0 saturated carbocycles. The highest BCUT2D eigenvalue weighted by molar-refractivity contribution is 8.52. The van der Waals surface area contributed by atoms with E-state index in [4.69, 9.17) is 39.0 Å². The van der Waals surface area contributed by atoms with Gasteiger partial charge in [0.15, 0.2) is 24.0 Å². The summed E-state index contributed by atoms with van der Waals surface area (Å²) in [4.78, 5) is 25.5. The van der Waals surface area contributed by atoms with Crippen LogP contribution in [0.3, 0.4) is 0 Å². The summed E-state index contributed by atoms with van der Waals surface area (Å²) < 4.78 is 104. The smallest absolute Gasteiger partial charge is 0.478 e. The number of aliphatic hydroxyl groups excluding tert-OH is 1. The van der Waals surface area contributed by atoms with Crippen LogP contribution in [0.2, 0.25) is 5.02 Å². The molecule has 0 aliphatic carbocycles. The van der Waals surface area contributed by atoms with Crippen molar-refractivity contribution in [3.8, 4) is 23.0 Å². The van der Waals surface area contributed by atoms with Crippen LogP contribution in [0, 0.1) is 0 Å². The number of nitrogens with zero attached hydrogens (tertiary/aromatic N) is 1. The minimum atomic E-state index is -4.82. The quantitative estimate of drug-likeness (QED) is 0.157. The van der Waals surface area contributed by atoms with E-state index in [9.17, 15) is 28.0 Å². The Hall–Kier alpha value is -3.21. The minimum absolute atomic E-state index is 0.0119. The van der Waals surface area contributed by atoms with Gasteiger partial charge >= 0.3 is 18.4 Å². The first kappa shape index (κ1) is 32.7. The molecular formula is C24H22ClF4N2O10PS. The molecule has 19 heteroatoms. The van der Waals surface area contributed by atoms with Crippen molar-refractivity contribution >= 4 is 30.1 Å². The lowest BCUT2D eigenvalue weighted by atomic mass is 9.95. The lowest BCUT2D eigenvalue weighted by Crippen LogP contribution is -2.57. The van der Waals surface area contributed by atoms with E-state index in [1.807, 2.05) is 0 Å².